The van der Waals surface area contributed by atoms with Crippen molar-refractivity contribution < 1.29 is 4.79 Å². The molecule has 0 amide bonds. The topological polar surface area (TPSA) is 43.1 Å². The number of hydrogen-bond acceptors (Lipinski definition) is 3. The lowest BCUT2D eigenvalue weighted by Crippen LogP contribution is -1.89. The molecule has 10 heavy (non-hydrogen) atoms. The van der Waals surface area contributed by atoms with Crippen LogP contribution in [-0.4, -0.2) is 5.78 Å². The number of halogens is 1. The number of carbonyl (C=O) groups is 1. The maximum absolute atomic E-state index is 10.6. The lowest BCUT2D eigenvalue weighted by Gasteiger charge is -1.96. The normalized spacial score (nSPS) is 11.2. The second-order valence-corrected chi connectivity index (χ2v) is 4.07. The molecule has 0 saturated carbocycles. The van der Waals surface area contributed by atoms with Crippen LogP contribution in [0.3, 0.4) is 0 Å². The number of rotatable bonds is 3. The largest absolute Gasteiger partial charge is 0.403 e. The molecular formula is C6H8BrNOS. The van der Waals surface area contributed by atoms with Crippen molar-refractivity contribution in [1.29, 1.82) is 0 Å². The molecule has 2 N–H and O–H groups in total. The molecule has 0 aromatic carbocycles. The number of hydrogen-bond donors (Lipinski definition) is 1. The summed E-state index contributed by atoms with van der Waals surface area (Å²) in [5, 5.41) is 0. The Bertz CT molecular complexity index is 188. The van der Waals surface area contributed by atoms with Crippen molar-refractivity contribution in [3.05, 3.63) is 21.5 Å². The number of ketones is 1. The SMILES string of the molecule is C=C(S/C(Br)=C\N)C(C)=O. The Morgan fingerprint density at radius 3 is 2.60 bits per heavy atom. The average molecular weight is 222 g/mol. The van der Waals surface area contributed by atoms with Crippen molar-refractivity contribution in [1.82, 2.24) is 0 Å². The summed E-state index contributed by atoms with van der Waals surface area (Å²) in [4.78, 5) is 11.1. The summed E-state index contributed by atoms with van der Waals surface area (Å²) in [7, 11) is 0. The van der Waals surface area contributed by atoms with Gasteiger partial charge >= 0.3 is 0 Å². The van der Waals surface area contributed by atoms with E-state index in [-0.39, 0.29) is 5.78 Å². The molecule has 0 aliphatic heterocycles. The van der Waals surface area contributed by atoms with Gasteiger partial charge in [0, 0.05) is 11.1 Å². The lowest BCUT2D eigenvalue weighted by atomic mass is 10.4. The van der Waals surface area contributed by atoms with Crippen LogP contribution in [0, 0.1) is 0 Å². The molecule has 56 valence electrons. The Labute approximate surface area is 72.7 Å². The average Bonchev–Trinajstić information content (AvgIpc) is 1.87. The predicted molar refractivity (Wildman–Crippen MR) is 48.6 cm³/mol. The van der Waals surface area contributed by atoms with Gasteiger partial charge < -0.3 is 5.73 Å². The van der Waals surface area contributed by atoms with Gasteiger partial charge in [-0.25, -0.2) is 0 Å². The van der Waals surface area contributed by atoms with E-state index in [4.69, 9.17) is 5.73 Å². The van der Waals surface area contributed by atoms with E-state index in [2.05, 4.69) is 22.5 Å². The van der Waals surface area contributed by atoms with E-state index in [0.717, 1.165) is 0 Å². The van der Waals surface area contributed by atoms with Crippen molar-refractivity contribution in [2.24, 2.45) is 5.73 Å². The standard InChI is InChI=1S/C6H8BrNOS/c1-4(9)5(2)10-6(7)3-8/h3H,2,8H2,1H3/b6-3-. The molecule has 0 aromatic heterocycles. The summed E-state index contributed by atoms with van der Waals surface area (Å²) in [6.07, 6.45) is 1.37. The Hall–Kier alpha value is -0.220. The minimum atomic E-state index is -0.0381. The van der Waals surface area contributed by atoms with Gasteiger partial charge in [-0.15, -0.1) is 0 Å². The van der Waals surface area contributed by atoms with Crippen molar-refractivity contribution >= 4 is 33.5 Å². The summed E-state index contributed by atoms with van der Waals surface area (Å²) in [5.41, 5.74) is 5.14. The zero-order chi connectivity index (χ0) is 8.15. The third-order valence-electron chi connectivity index (χ3n) is 0.744. The van der Waals surface area contributed by atoms with E-state index < -0.39 is 0 Å². The molecule has 0 rings (SSSR count). The van der Waals surface area contributed by atoms with Crippen LogP contribution in [0.15, 0.2) is 21.5 Å². The first kappa shape index (κ1) is 9.78. The van der Waals surface area contributed by atoms with Gasteiger partial charge in [-0.1, -0.05) is 18.3 Å². The van der Waals surface area contributed by atoms with Gasteiger partial charge in [-0.05, 0) is 22.9 Å². The van der Waals surface area contributed by atoms with Gasteiger partial charge in [-0.2, -0.15) is 0 Å². The molecule has 0 aliphatic rings. The van der Waals surface area contributed by atoms with Crippen LogP contribution < -0.4 is 5.73 Å². The third-order valence-corrected chi connectivity index (χ3v) is 2.36. The first-order valence-electron chi connectivity index (χ1n) is 2.53. The maximum atomic E-state index is 10.6. The molecular weight excluding hydrogens is 214 g/mol. The smallest absolute Gasteiger partial charge is 0.165 e. The number of Topliss-reactive ketones (excluding diaryl/α,β-unsaturated/α-hetero) is 1. The van der Waals surface area contributed by atoms with Crippen LogP contribution in [-0.2, 0) is 4.79 Å². The molecule has 0 radical (unpaired) electrons. The van der Waals surface area contributed by atoms with E-state index in [1.165, 1.54) is 24.9 Å². The number of carbonyl (C=O) groups excluding carboxylic acids is 1. The van der Waals surface area contributed by atoms with Gasteiger partial charge in [0.05, 0.1) is 3.81 Å². The molecule has 0 saturated heterocycles. The molecule has 0 bridgehead atoms. The Morgan fingerprint density at radius 2 is 2.30 bits per heavy atom. The maximum Gasteiger partial charge on any atom is 0.165 e. The highest BCUT2D eigenvalue weighted by Gasteiger charge is 2.01. The van der Waals surface area contributed by atoms with Gasteiger partial charge in [0.15, 0.2) is 5.78 Å². The summed E-state index contributed by atoms with van der Waals surface area (Å²) in [6.45, 7) is 4.99. The van der Waals surface area contributed by atoms with Gasteiger partial charge in [0.2, 0.25) is 0 Å². The molecule has 4 heteroatoms. The summed E-state index contributed by atoms with van der Waals surface area (Å²) < 4.78 is 0.702. The highest BCUT2D eigenvalue weighted by molar-refractivity contribution is 9.14. The van der Waals surface area contributed by atoms with E-state index in [0.29, 0.717) is 8.72 Å². The van der Waals surface area contributed by atoms with Crippen molar-refractivity contribution in [3.63, 3.8) is 0 Å². The van der Waals surface area contributed by atoms with Crippen LogP contribution >= 0.6 is 27.7 Å². The van der Waals surface area contributed by atoms with E-state index >= 15 is 0 Å². The number of allylic oxidation sites excluding steroid dienone is 1. The minimum absolute atomic E-state index is 0.0381. The molecule has 0 aromatic rings. The van der Waals surface area contributed by atoms with E-state index in [1.54, 1.807) is 0 Å². The molecule has 0 aliphatic carbocycles. The number of thioether (sulfide) groups is 1. The summed E-state index contributed by atoms with van der Waals surface area (Å²) in [5.74, 6) is -0.0381. The molecule has 0 spiro atoms. The van der Waals surface area contributed by atoms with Gasteiger partial charge in [0.25, 0.3) is 0 Å². The first-order valence-corrected chi connectivity index (χ1v) is 4.14. The summed E-state index contributed by atoms with van der Waals surface area (Å²) >= 11 is 4.35. The fourth-order valence-electron chi connectivity index (χ4n) is 0.224. The third kappa shape index (κ3) is 3.74. The quantitative estimate of drug-likeness (QED) is 0.742. The van der Waals surface area contributed by atoms with Gasteiger partial charge in [0.1, 0.15) is 0 Å². The lowest BCUT2D eigenvalue weighted by molar-refractivity contribution is -0.112. The van der Waals surface area contributed by atoms with Crippen LogP contribution in [0.1, 0.15) is 6.92 Å². The number of nitrogens with two attached hydrogens (primary N) is 1. The Morgan fingerprint density at radius 1 is 1.80 bits per heavy atom. The second-order valence-electron chi connectivity index (χ2n) is 1.55. The van der Waals surface area contributed by atoms with Crippen LogP contribution in [0.5, 0.6) is 0 Å². The van der Waals surface area contributed by atoms with Crippen LogP contribution in [0.4, 0.5) is 0 Å². The Balaban J connectivity index is 3.93. The predicted octanol–water partition coefficient (Wildman–Crippen LogP) is 1.97. The van der Waals surface area contributed by atoms with Crippen molar-refractivity contribution in [2.45, 2.75) is 6.92 Å². The molecule has 0 atom stereocenters. The fraction of sp³-hybridized carbons (Fsp3) is 0.167. The summed E-state index contributed by atoms with van der Waals surface area (Å²) in [6, 6.07) is 0. The monoisotopic (exact) mass is 221 g/mol. The van der Waals surface area contributed by atoms with Crippen LogP contribution in [0.25, 0.3) is 0 Å². The van der Waals surface area contributed by atoms with Crippen LogP contribution in [0.2, 0.25) is 0 Å². The fourth-order valence-corrected chi connectivity index (χ4v) is 1.26. The zero-order valence-corrected chi connectivity index (χ0v) is 7.96. The highest BCUT2D eigenvalue weighted by atomic mass is 79.9. The van der Waals surface area contributed by atoms with Gasteiger partial charge in [-0.3, -0.25) is 4.79 Å². The van der Waals surface area contributed by atoms with Crippen molar-refractivity contribution in [2.75, 3.05) is 0 Å². The molecule has 0 unspecified atom stereocenters. The second kappa shape index (κ2) is 4.57. The van der Waals surface area contributed by atoms with Crippen molar-refractivity contribution in [3.8, 4) is 0 Å². The minimum Gasteiger partial charge on any atom is -0.403 e. The molecule has 2 nitrogen and oxygen atoms in total. The molecule has 0 heterocycles. The highest BCUT2D eigenvalue weighted by Crippen LogP contribution is 2.27. The van der Waals surface area contributed by atoms with E-state index in [9.17, 15) is 4.79 Å². The van der Waals surface area contributed by atoms with E-state index in [1.807, 2.05) is 0 Å². The zero-order valence-electron chi connectivity index (χ0n) is 5.56. The Kier molecular flexibility index (Phi) is 4.47. The molecule has 0 fully saturated rings. The first-order chi connectivity index (χ1) is 4.57.